The molecule has 4 nitrogen and oxygen atoms in total. The molecule has 0 spiro atoms. The van der Waals surface area contributed by atoms with Gasteiger partial charge in [-0.1, -0.05) is 35.9 Å². The zero-order chi connectivity index (χ0) is 14.8. The Labute approximate surface area is 127 Å². The minimum Gasteiger partial charge on any atom is -0.306 e. The highest BCUT2D eigenvalue weighted by molar-refractivity contribution is 6.31. The van der Waals surface area contributed by atoms with Crippen molar-refractivity contribution < 1.29 is 0 Å². The van der Waals surface area contributed by atoms with Crippen LogP contribution in [0, 0.1) is 0 Å². The standard InChI is InChI=1S/C16H16ClN3O/c1-10(18-9-12-4-2-3-5-13(12)17)11-6-7-14-15(8-11)20-16(21)19-14/h2-8,10,18H,9H2,1H3,(H2,19,20,21). The van der Waals surface area contributed by atoms with E-state index < -0.39 is 0 Å². The molecule has 0 saturated heterocycles. The van der Waals surface area contributed by atoms with E-state index in [1.54, 1.807) is 0 Å². The summed E-state index contributed by atoms with van der Waals surface area (Å²) in [7, 11) is 0. The fourth-order valence-corrected chi connectivity index (χ4v) is 2.54. The van der Waals surface area contributed by atoms with Crippen molar-refractivity contribution in [1.29, 1.82) is 0 Å². The van der Waals surface area contributed by atoms with Crippen molar-refractivity contribution in [2.45, 2.75) is 19.5 Å². The zero-order valence-electron chi connectivity index (χ0n) is 11.6. The minimum atomic E-state index is -0.182. The van der Waals surface area contributed by atoms with Crippen LogP contribution in [-0.2, 0) is 6.54 Å². The first-order valence-corrected chi connectivity index (χ1v) is 7.20. The molecular formula is C16H16ClN3O. The smallest absolute Gasteiger partial charge is 0.306 e. The highest BCUT2D eigenvalue weighted by Gasteiger charge is 2.08. The number of rotatable bonds is 4. The lowest BCUT2D eigenvalue weighted by Gasteiger charge is -2.15. The SMILES string of the molecule is CC(NCc1ccccc1Cl)c1ccc2[nH]c(=O)[nH]c2c1. The second-order valence-corrected chi connectivity index (χ2v) is 5.49. The van der Waals surface area contributed by atoms with Crippen molar-refractivity contribution >= 4 is 22.6 Å². The van der Waals surface area contributed by atoms with E-state index in [4.69, 9.17) is 11.6 Å². The molecule has 0 radical (unpaired) electrons. The van der Waals surface area contributed by atoms with Crippen LogP contribution in [0.5, 0.6) is 0 Å². The number of imidazole rings is 1. The maximum absolute atomic E-state index is 11.3. The Morgan fingerprint density at radius 2 is 1.90 bits per heavy atom. The molecule has 0 amide bonds. The third kappa shape index (κ3) is 3.01. The van der Waals surface area contributed by atoms with Gasteiger partial charge in [0.05, 0.1) is 11.0 Å². The van der Waals surface area contributed by atoms with E-state index in [0.29, 0.717) is 6.54 Å². The molecule has 0 aliphatic rings. The molecular weight excluding hydrogens is 286 g/mol. The molecule has 3 N–H and O–H groups in total. The van der Waals surface area contributed by atoms with Crippen molar-refractivity contribution in [3.63, 3.8) is 0 Å². The van der Waals surface area contributed by atoms with E-state index in [-0.39, 0.29) is 11.7 Å². The summed E-state index contributed by atoms with van der Waals surface area (Å²) in [5, 5.41) is 4.21. The Morgan fingerprint density at radius 1 is 1.14 bits per heavy atom. The summed E-state index contributed by atoms with van der Waals surface area (Å²) in [6.45, 7) is 2.78. The van der Waals surface area contributed by atoms with E-state index in [9.17, 15) is 4.79 Å². The zero-order valence-corrected chi connectivity index (χ0v) is 12.4. The van der Waals surface area contributed by atoms with E-state index in [1.165, 1.54) is 0 Å². The average molecular weight is 302 g/mol. The highest BCUT2D eigenvalue weighted by atomic mass is 35.5. The topological polar surface area (TPSA) is 60.7 Å². The molecule has 0 saturated carbocycles. The Kier molecular flexibility index (Phi) is 3.82. The number of hydrogen-bond acceptors (Lipinski definition) is 2. The van der Waals surface area contributed by atoms with Crippen LogP contribution >= 0.6 is 11.6 Å². The van der Waals surface area contributed by atoms with Crippen LogP contribution in [0.2, 0.25) is 5.02 Å². The summed E-state index contributed by atoms with van der Waals surface area (Å²) in [4.78, 5) is 16.8. The van der Waals surface area contributed by atoms with Crippen LogP contribution in [-0.4, -0.2) is 9.97 Å². The third-order valence-electron chi connectivity index (χ3n) is 3.60. The highest BCUT2D eigenvalue weighted by Crippen LogP contribution is 2.19. The summed E-state index contributed by atoms with van der Waals surface area (Å²) < 4.78 is 0. The summed E-state index contributed by atoms with van der Waals surface area (Å²) >= 11 is 6.15. The molecule has 1 aromatic heterocycles. The summed E-state index contributed by atoms with van der Waals surface area (Å²) in [5.41, 5.74) is 3.65. The maximum atomic E-state index is 11.3. The number of nitrogens with one attached hydrogen (secondary N) is 3. The molecule has 0 aliphatic carbocycles. The largest absolute Gasteiger partial charge is 0.323 e. The number of benzene rings is 2. The molecule has 21 heavy (non-hydrogen) atoms. The van der Waals surface area contributed by atoms with Crippen molar-refractivity contribution in [3.05, 3.63) is 69.1 Å². The van der Waals surface area contributed by atoms with Gasteiger partial charge in [-0.15, -0.1) is 0 Å². The molecule has 0 aliphatic heterocycles. The molecule has 1 unspecified atom stereocenters. The molecule has 1 heterocycles. The predicted molar refractivity (Wildman–Crippen MR) is 85.6 cm³/mol. The lowest BCUT2D eigenvalue weighted by atomic mass is 10.1. The van der Waals surface area contributed by atoms with Gasteiger partial charge >= 0.3 is 5.69 Å². The number of H-pyrrole nitrogens is 2. The molecule has 2 aromatic carbocycles. The number of aromatic amines is 2. The van der Waals surface area contributed by atoms with Gasteiger partial charge in [0.2, 0.25) is 0 Å². The lowest BCUT2D eigenvalue weighted by Crippen LogP contribution is -2.18. The van der Waals surface area contributed by atoms with Crippen LogP contribution < -0.4 is 11.0 Å². The van der Waals surface area contributed by atoms with Crippen LogP contribution in [0.3, 0.4) is 0 Å². The van der Waals surface area contributed by atoms with Gasteiger partial charge in [0.15, 0.2) is 0 Å². The van der Waals surface area contributed by atoms with Crippen LogP contribution in [0.1, 0.15) is 24.1 Å². The van der Waals surface area contributed by atoms with Gasteiger partial charge in [0, 0.05) is 17.6 Å². The van der Waals surface area contributed by atoms with E-state index in [0.717, 1.165) is 27.2 Å². The Morgan fingerprint density at radius 3 is 2.71 bits per heavy atom. The van der Waals surface area contributed by atoms with Gasteiger partial charge < -0.3 is 15.3 Å². The van der Waals surface area contributed by atoms with Gasteiger partial charge in [-0.05, 0) is 36.2 Å². The number of fused-ring (bicyclic) bond motifs is 1. The van der Waals surface area contributed by atoms with Gasteiger partial charge in [-0.2, -0.15) is 0 Å². The van der Waals surface area contributed by atoms with Crippen molar-refractivity contribution in [3.8, 4) is 0 Å². The fourth-order valence-electron chi connectivity index (χ4n) is 2.34. The third-order valence-corrected chi connectivity index (χ3v) is 3.97. The molecule has 0 fully saturated rings. The lowest BCUT2D eigenvalue weighted by molar-refractivity contribution is 0.575. The fraction of sp³-hybridized carbons (Fsp3) is 0.188. The summed E-state index contributed by atoms with van der Waals surface area (Å²) in [6.07, 6.45) is 0. The van der Waals surface area contributed by atoms with Crippen LogP contribution in [0.15, 0.2) is 47.3 Å². The predicted octanol–water partition coefficient (Wildman–Crippen LogP) is 3.36. The number of halogens is 1. The Hall–Kier alpha value is -2.04. The summed E-state index contributed by atoms with van der Waals surface area (Å²) in [6, 6.07) is 13.9. The van der Waals surface area contributed by atoms with Crippen LogP contribution in [0.25, 0.3) is 11.0 Å². The molecule has 0 bridgehead atoms. The number of hydrogen-bond donors (Lipinski definition) is 3. The van der Waals surface area contributed by atoms with E-state index >= 15 is 0 Å². The molecule has 5 heteroatoms. The van der Waals surface area contributed by atoms with E-state index in [2.05, 4.69) is 22.2 Å². The molecule has 1 atom stereocenters. The van der Waals surface area contributed by atoms with Crippen LogP contribution in [0.4, 0.5) is 0 Å². The summed E-state index contributed by atoms with van der Waals surface area (Å²) in [5.74, 6) is 0. The van der Waals surface area contributed by atoms with E-state index in [1.807, 2.05) is 42.5 Å². The normalized spacial score (nSPS) is 12.7. The van der Waals surface area contributed by atoms with Gasteiger partial charge in [0.25, 0.3) is 0 Å². The maximum Gasteiger partial charge on any atom is 0.323 e. The first-order valence-electron chi connectivity index (χ1n) is 6.82. The molecule has 3 aromatic rings. The number of aromatic nitrogens is 2. The van der Waals surface area contributed by atoms with Gasteiger partial charge in [0.1, 0.15) is 0 Å². The van der Waals surface area contributed by atoms with Crippen molar-refractivity contribution in [2.24, 2.45) is 0 Å². The van der Waals surface area contributed by atoms with Crippen molar-refractivity contribution in [1.82, 2.24) is 15.3 Å². The second kappa shape index (κ2) is 5.76. The molecule has 3 rings (SSSR count). The quantitative estimate of drug-likeness (QED) is 0.692. The Bertz CT molecular complexity index is 822. The second-order valence-electron chi connectivity index (χ2n) is 5.08. The molecule has 108 valence electrons. The first kappa shape index (κ1) is 13.9. The average Bonchev–Trinajstić information content (AvgIpc) is 2.85. The monoisotopic (exact) mass is 301 g/mol. The first-order chi connectivity index (χ1) is 10.1. The van der Waals surface area contributed by atoms with Gasteiger partial charge in [-0.25, -0.2) is 4.79 Å². The minimum absolute atomic E-state index is 0.157. The van der Waals surface area contributed by atoms with Gasteiger partial charge in [-0.3, -0.25) is 0 Å². The van der Waals surface area contributed by atoms with Crippen molar-refractivity contribution in [2.75, 3.05) is 0 Å². The Balaban J connectivity index is 1.76.